The molecule has 0 spiro atoms. The van der Waals surface area contributed by atoms with E-state index in [1.165, 1.54) is 0 Å². The zero-order valence-electron chi connectivity index (χ0n) is 13.5. The van der Waals surface area contributed by atoms with Gasteiger partial charge in [0.1, 0.15) is 0 Å². The molecule has 0 fully saturated rings. The van der Waals surface area contributed by atoms with E-state index in [0.717, 1.165) is 29.9 Å². The number of hydrogen-bond acceptors (Lipinski definition) is 2. The minimum atomic E-state index is -0.177. The van der Waals surface area contributed by atoms with Gasteiger partial charge in [0.25, 0.3) is 5.91 Å². The topological polar surface area (TPSA) is 49.4 Å². The third-order valence-electron chi connectivity index (χ3n) is 4.09. The zero-order chi connectivity index (χ0) is 17.1. The summed E-state index contributed by atoms with van der Waals surface area (Å²) in [7, 11) is 0. The highest BCUT2D eigenvalue weighted by atomic mass is 35.5. The minimum Gasteiger partial charge on any atom is -0.322 e. The summed E-state index contributed by atoms with van der Waals surface area (Å²) < 4.78 is 0. The van der Waals surface area contributed by atoms with Gasteiger partial charge in [0, 0.05) is 34.9 Å². The van der Waals surface area contributed by atoms with Gasteiger partial charge >= 0.3 is 0 Å². The van der Waals surface area contributed by atoms with E-state index < -0.39 is 0 Å². The van der Waals surface area contributed by atoms with Gasteiger partial charge in [-0.1, -0.05) is 18.5 Å². The molecule has 0 atom stereocenters. The van der Waals surface area contributed by atoms with Crippen LogP contribution < -0.4 is 10.2 Å². The number of anilines is 2. The van der Waals surface area contributed by atoms with E-state index in [1.54, 1.807) is 24.3 Å². The fraction of sp³-hybridized carbons (Fsp3) is 0.263. The average Bonchev–Trinajstić information content (AvgIpc) is 2.58. The molecular weight excluding hydrogens is 324 g/mol. The molecule has 2 aromatic rings. The largest absolute Gasteiger partial charge is 0.322 e. The molecule has 2 amide bonds. The van der Waals surface area contributed by atoms with E-state index in [4.69, 9.17) is 11.6 Å². The Morgan fingerprint density at radius 2 is 1.92 bits per heavy atom. The molecule has 0 saturated carbocycles. The van der Waals surface area contributed by atoms with E-state index in [1.807, 2.05) is 23.1 Å². The van der Waals surface area contributed by atoms with Crippen LogP contribution in [0.2, 0.25) is 5.02 Å². The molecule has 4 nitrogen and oxygen atoms in total. The Labute approximate surface area is 146 Å². The molecular formula is C19H19ClN2O2. The maximum absolute atomic E-state index is 12.3. The van der Waals surface area contributed by atoms with Gasteiger partial charge in [0.05, 0.1) is 0 Å². The summed E-state index contributed by atoms with van der Waals surface area (Å²) in [5.74, 6) is -0.00813. The van der Waals surface area contributed by atoms with Crippen molar-refractivity contribution in [3.05, 3.63) is 58.6 Å². The Balaban J connectivity index is 1.80. The van der Waals surface area contributed by atoms with Crippen LogP contribution in [-0.4, -0.2) is 18.4 Å². The maximum atomic E-state index is 12.3. The van der Waals surface area contributed by atoms with E-state index in [2.05, 4.69) is 12.2 Å². The van der Waals surface area contributed by atoms with Gasteiger partial charge in [-0.15, -0.1) is 0 Å². The fourth-order valence-electron chi connectivity index (χ4n) is 2.91. The fourth-order valence-corrected chi connectivity index (χ4v) is 3.04. The smallest absolute Gasteiger partial charge is 0.255 e. The normalized spacial score (nSPS) is 13.6. The summed E-state index contributed by atoms with van der Waals surface area (Å²) in [4.78, 5) is 26.2. The second kappa shape index (κ2) is 7.05. The van der Waals surface area contributed by atoms with Gasteiger partial charge < -0.3 is 10.2 Å². The first-order valence-corrected chi connectivity index (χ1v) is 8.46. The Hall–Kier alpha value is -2.33. The highest BCUT2D eigenvalue weighted by molar-refractivity contribution is 6.30. The lowest BCUT2D eigenvalue weighted by molar-refractivity contribution is -0.118. The van der Waals surface area contributed by atoms with Crippen molar-refractivity contribution >= 4 is 34.8 Å². The maximum Gasteiger partial charge on any atom is 0.255 e. The summed E-state index contributed by atoms with van der Waals surface area (Å²) in [5.41, 5.74) is 3.34. The number of nitrogens with one attached hydrogen (secondary N) is 1. The number of nitrogens with zero attached hydrogens (tertiary/aromatic N) is 1. The van der Waals surface area contributed by atoms with Gasteiger partial charge in [-0.3, -0.25) is 9.59 Å². The minimum absolute atomic E-state index is 0.169. The molecule has 2 aromatic carbocycles. The van der Waals surface area contributed by atoms with Crippen LogP contribution in [0.4, 0.5) is 11.4 Å². The Bertz CT molecular complexity index is 771. The zero-order valence-corrected chi connectivity index (χ0v) is 14.3. The number of carbonyl (C=O) groups is 2. The Morgan fingerprint density at radius 1 is 1.17 bits per heavy atom. The summed E-state index contributed by atoms with van der Waals surface area (Å²) in [6.45, 7) is 2.78. The third-order valence-corrected chi connectivity index (χ3v) is 4.34. The van der Waals surface area contributed by atoms with Crippen molar-refractivity contribution in [3.8, 4) is 0 Å². The van der Waals surface area contributed by atoms with Crippen LogP contribution in [-0.2, 0) is 11.2 Å². The lowest BCUT2D eigenvalue weighted by atomic mass is 10.00. The molecule has 5 heteroatoms. The molecule has 1 aliphatic rings. The number of fused-ring (bicyclic) bond motifs is 1. The summed E-state index contributed by atoms with van der Waals surface area (Å²) in [6, 6.07) is 12.5. The van der Waals surface area contributed by atoms with E-state index >= 15 is 0 Å². The number of benzene rings is 2. The van der Waals surface area contributed by atoms with Crippen LogP contribution in [0.25, 0.3) is 0 Å². The average molecular weight is 343 g/mol. The van der Waals surface area contributed by atoms with Gasteiger partial charge in [-0.2, -0.15) is 0 Å². The number of rotatable bonds is 4. The predicted molar refractivity (Wildman–Crippen MR) is 96.8 cm³/mol. The molecule has 124 valence electrons. The predicted octanol–water partition coefficient (Wildman–Crippen LogP) is 4.28. The molecule has 0 saturated heterocycles. The Kier molecular flexibility index (Phi) is 4.86. The third kappa shape index (κ3) is 3.44. The molecule has 0 aromatic heterocycles. The van der Waals surface area contributed by atoms with Gasteiger partial charge in [-0.05, 0) is 60.9 Å². The number of carbonyl (C=O) groups excluding carboxylic acids is 2. The molecule has 24 heavy (non-hydrogen) atoms. The first-order chi connectivity index (χ1) is 11.6. The van der Waals surface area contributed by atoms with Crippen molar-refractivity contribution in [1.29, 1.82) is 0 Å². The quantitative estimate of drug-likeness (QED) is 0.901. The van der Waals surface area contributed by atoms with Crippen molar-refractivity contribution in [2.24, 2.45) is 0 Å². The molecule has 1 aliphatic heterocycles. The van der Waals surface area contributed by atoms with Crippen LogP contribution in [0, 0.1) is 0 Å². The SMILES string of the molecule is CCCN1C(=O)CCc2cc(NC(=O)c3ccc(Cl)cc3)ccc21. The van der Waals surface area contributed by atoms with Gasteiger partial charge in [0.2, 0.25) is 5.91 Å². The molecule has 1 N–H and O–H groups in total. The first-order valence-electron chi connectivity index (χ1n) is 8.08. The van der Waals surface area contributed by atoms with Crippen LogP contribution >= 0.6 is 11.6 Å². The van der Waals surface area contributed by atoms with Gasteiger partial charge in [0.15, 0.2) is 0 Å². The summed E-state index contributed by atoms with van der Waals surface area (Å²) in [6.07, 6.45) is 2.14. The second-order valence-corrected chi connectivity index (χ2v) is 6.29. The highest BCUT2D eigenvalue weighted by Crippen LogP contribution is 2.30. The van der Waals surface area contributed by atoms with Crippen molar-refractivity contribution in [2.45, 2.75) is 26.2 Å². The Morgan fingerprint density at radius 3 is 2.62 bits per heavy atom. The van der Waals surface area contributed by atoms with Crippen LogP contribution in [0.5, 0.6) is 0 Å². The highest BCUT2D eigenvalue weighted by Gasteiger charge is 2.23. The van der Waals surface area contributed by atoms with Crippen LogP contribution in [0.15, 0.2) is 42.5 Å². The van der Waals surface area contributed by atoms with Crippen molar-refractivity contribution in [1.82, 2.24) is 0 Å². The number of halogens is 1. The van der Waals surface area contributed by atoms with Gasteiger partial charge in [-0.25, -0.2) is 0 Å². The van der Waals surface area contributed by atoms with Crippen LogP contribution in [0.1, 0.15) is 35.7 Å². The second-order valence-electron chi connectivity index (χ2n) is 5.85. The lowest BCUT2D eigenvalue weighted by Gasteiger charge is -2.29. The van der Waals surface area contributed by atoms with Crippen molar-refractivity contribution in [2.75, 3.05) is 16.8 Å². The standard InChI is InChI=1S/C19H19ClN2O2/c1-2-11-22-17-9-8-16(12-14(17)5-10-18(22)23)21-19(24)13-3-6-15(20)7-4-13/h3-4,6-9,12H,2,5,10-11H2,1H3,(H,21,24). The van der Waals surface area contributed by atoms with Crippen molar-refractivity contribution < 1.29 is 9.59 Å². The van der Waals surface area contributed by atoms with E-state index in [-0.39, 0.29) is 11.8 Å². The lowest BCUT2D eigenvalue weighted by Crippen LogP contribution is -2.35. The summed E-state index contributed by atoms with van der Waals surface area (Å²) >= 11 is 5.84. The monoisotopic (exact) mass is 342 g/mol. The molecule has 0 unspecified atom stereocenters. The van der Waals surface area contributed by atoms with Crippen molar-refractivity contribution in [3.63, 3.8) is 0 Å². The molecule has 3 rings (SSSR count). The van der Waals surface area contributed by atoms with E-state index in [0.29, 0.717) is 23.4 Å². The molecule has 0 bridgehead atoms. The number of hydrogen-bond donors (Lipinski definition) is 1. The summed E-state index contributed by atoms with van der Waals surface area (Å²) in [5, 5.41) is 3.50. The molecule has 1 heterocycles. The van der Waals surface area contributed by atoms with Crippen LogP contribution in [0.3, 0.4) is 0 Å². The molecule has 0 aliphatic carbocycles. The number of aryl methyl sites for hydroxylation is 1. The number of amides is 2. The molecule has 0 radical (unpaired) electrons. The van der Waals surface area contributed by atoms with E-state index in [9.17, 15) is 9.59 Å². The first kappa shape index (κ1) is 16.5.